The average Bonchev–Trinajstić information content (AvgIpc) is 2.57. The van der Waals surface area contributed by atoms with Crippen LogP contribution in [0.1, 0.15) is 47.5 Å². The molecule has 0 spiro atoms. The van der Waals surface area contributed by atoms with E-state index in [4.69, 9.17) is 4.74 Å². The number of hydrogen-bond donors (Lipinski definition) is 0. The second kappa shape index (κ2) is 5.17. The lowest BCUT2D eigenvalue weighted by atomic mass is 10.1. The third kappa shape index (κ3) is 3.80. The molecule has 98 valence electrons. The highest BCUT2D eigenvalue weighted by Gasteiger charge is 2.39. The lowest BCUT2D eigenvalue weighted by molar-refractivity contribution is -0.136. The molecule has 0 aliphatic carbocycles. The monoisotopic (exact) mass is 241 g/mol. The van der Waals surface area contributed by atoms with Gasteiger partial charge < -0.3 is 9.64 Å². The van der Waals surface area contributed by atoms with E-state index in [1.165, 1.54) is 6.92 Å². The van der Waals surface area contributed by atoms with Gasteiger partial charge in [0.2, 0.25) is 5.91 Å². The molecule has 0 N–H and O–H groups in total. The minimum absolute atomic E-state index is 0.0283. The van der Waals surface area contributed by atoms with Gasteiger partial charge in [0.1, 0.15) is 0 Å². The summed E-state index contributed by atoms with van der Waals surface area (Å²) in [5, 5.41) is 0. The Bertz CT molecular complexity index is 306. The van der Waals surface area contributed by atoms with Gasteiger partial charge in [-0.05, 0) is 20.8 Å². The van der Waals surface area contributed by atoms with Crippen molar-refractivity contribution in [2.75, 3.05) is 6.54 Å². The SMILES string of the molecule is CCC(=O)[C@@H]1C[C@@H](OC(C)(C)C)CN1C(C)=O. The smallest absolute Gasteiger partial charge is 0.220 e. The van der Waals surface area contributed by atoms with Gasteiger partial charge in [0, 0.05) is 26.3 Å². The van der Waals surface area contributed by atoms with Crippen LogP contribution in [0.3, 0.4) is 0 Å². The predicted octanol–water partition coefficient (Wildman–Crippen LogP) is 1.77. The van der Waals surface area contributed by atoms with Gasteiger partial charge in [0.05, 0.1) is 17.7 Å². The van der Waals surface area contributed by atoms with Crippen LogP contribution in [0.2, 0.25) is 0 Å². The second-order valence-corrected chi connectivity index (χ2v) is 5.59. The highest BCUT2D eigenvalue weighted by molar-refractivity contribution is 5.88. The first-order chi connectivity index (χ1) is 7.74. The van der Waals surface area contributed by atoms with Crippen LogP contribution in [0.25, 0.3) is 0 Å². The molecule has 0 radical (unpaired) electrons. The van der Waals surface area contributed by atoms with Gasteiger partial charge >= 0.3 is 0 Å². The fourth-order valence-electron chi connectivity index (χ4n) is 2.27. The van der Waals surface area contributed by atoms with Crippen LogP contribution >= 0.6 is 0 Å². The van der Waals surface area contributed by atoms with Crippen molar-refractivity contribution in [2.45, 2.75) is 65.2 Å². The molecule has 0 saturated carbocycles. The zero-order valence-corrected chi connectivity index (χ0v) is 11.4. The quantitative estimate of drug-likeness (QED) is 0.756. The number of likely N-dealkylation sites (tertiary alicyclic amines) is 1. The molecule has 0 bridgehead atoms. The highest BCUT2D eigenvalue weighted by Crippen LogP contribution is 2.25. The van der Waals surface area contributed by atoms with E-state index in [2.05, 4.69) is 0 Å². The van der Waals surface area contributed by atoms with E-state index in [1.54, 1.807) is 4.90 Å². The minimum Gasteiger partial charge on any atom is -0.371 e. The number of hydrogen-bond acceptors (Lipinski definition) is 3. The summed E-state index contributed by atoms with van der Waals surface area (Å²) >= 11 is 0. The summed E-state index contributed by atoms with van der Waals surface area (Å²) in [6.07, 6.45) is 1.07. The molecule has 1 fully saturated rings. The molecule has 1 aliphatic rings. The number of rotatable bonds is 3. The van der Waals surface area contributed by atoms with Gasteiger partial charge in [-0.2, -0.15) is 0 Å². The lowest BCUT2D eigenvalue weighted by Crippen LogP contribution is -2.39. The van der Waals surface area contributed by atoms with E-state index < -0.39 is 0 Å². The molecule has 1 amide bonds. The number of ether oxygens (including phenoxy) is 1. The van der Waals surface area contributed by atoms with Crippen LogP contribution < -0.4 is 0 Å². The van der Waals surface area contributed by atoms with E-state index in [0.29, 0.717) is 19.4 Å². The van der Waals surface area contributed by atoms with Gasteiger partial charge in [-0.15, -0.1) is 0 Å². The number of carbonyl (C=O) groups is 2. The van der Waals surface area contributed by atoms with Crippen LogP contribution in [0.4, 0.5) is 0 Å². The molecule has 4 nitrogen and oxygen atoms in total. The summed E-state index contributed by atoms with van der Waals surface area (Å²) in [7, 11) is 0. The Morgan fingerprint density at radius 3 is 2.35 bits per heavy atom. The Balaban J connectivity index is 2.72. The molecule has 1 saturated heterocycles. The molecule has 0 aromatic rings. The van der Waals surface area contributed by atoms with Crippen molar-refractivity contribution in [2.24, 2.45) is 0 Å². The normalized spacial score (nSPS) is 25.1. The Kier molecular flexibility index (Phi) is 4.31. The molecule has 1 heterocycles. The van der Waals surface area contributed by atoms with E-state index in [-0.39, 0.29) is 29.4 Å². The van der Waals surface area contributed by atoms with Crippen LogP contribution in [-0.4, -0.2) is 40.9 Å². The van der Waals surface area contributed by atoms with Crippen LogP contribution in [-0.2, 0) is 14.3 Å². The standard InChI is InChI=1S/C13H23NO3/c1-6-12(16)11-7-10(17-13(3,4)5)8-14(11)9(2)15/h10-11H,6-8H2,1-5H3/t10-,11+/m1/s1. The average molecular weight is 241 g/mol. The Hall–Kier alpha value is -0.900. The van der Waals surface area contributed by atoms with Gasteiger partial charge in [-0.25, -0.2) is 0 Å². The summed E-state index contributed by atoms with van der Waals surface area (Å²) in [5.74, 6) is 0.0806. The summed E-state index contributed by atoms with van der Waals surface area (Å²) in [6.45, 7) is 9.83. The second-order valence-electron chi connectivity index (χ2n) is 5.59. The maximum atomic E-state index is 11.8. The Labute approximate surface area is 103 Å². The first-order valence-corrected chi connectivity index (χ1v) is 6.22. The number of nitrogens with zero attached hydrogens (tertiary/aromatic N) is 1. The topological polar surface area (TPSA) is 46.6 Å². The molecule has 4 heteroatoms. The number of carbonyl (C=O) groups excluding carboxylic acids is 2. The summed E-state index contributed by atoms with van der Waals surface area (Å²) < 4.78 is 5.86. The lowest BCUT2D eigenvalue weighted by Gasteiger charge is -2.24. The Morgan fingerprint density at radius 2 is 1.94 bits per heavy atom. The fraction of sp³-hybridized carbons (Fsp3) is 0.846. The number of Topliss-reactive ketones (excluding diaryl/α,β-unsaturated/α-hetero) is 1. The third-order valence-corrected chi connectivity index (χ3v) is 2.91. The molecule has 1 rings (SSSR count). The number of ketones is 1. The highest BCUT2D eigenvalue weighted by atomic mass is 16.5. The maximum absolute atomic E-state index is 11.8. The summed E-state index contributed by atoms with van der Waals surface area (Å²) in [6, 6.07) is -0.287. The van der Waals surface area contributed by atoms with Crippen LogP contribution in [0, 0.1) is 0 Å². The third-order valence-electron chi connectivity index (χ3n) is 2.91. The Morgan fingerprint density at radius 1 is 1.35 bits per heavy atom. The predicted molar refractivity (Wildman–Crippen MR) is 65.7 cm³/mol. The molecule has 0 aromatic heterocycles. The van der Waals surface area contributed by atoms with Crippen molar-refractivity contribution < 1.29 is 14.3 Å². The first-order valence-electron chi connectivity index (χ1n) is 6.22. The molecule has 0 unspecified atom stereocenters. The molecule has 2 atom stereocenters. The molecule has 1 aliphatic heterocycles. The molecular weight excluding hydrogens is 218 g/mol. The van der Waals surface area contributed by atoms with E-state index in [0.717, 1.165) is 0 Å². The largest absolute Gasteiger partial charge is 0.371 e. The van der Waals surface area contributed by atoms with Crippen molar-refractivity contribution in [3.05, 3.63) is 0 Å². The fourth-order valence-corrected chi connectivity index (χ4v) is 2.27. The van der Waals surface area contributed by atoms with E-state index in [1.807, 2.05) is 27.7 Å². The number of amides is 1. The van der Waals surface area contributed by atoms with Crippen molar-refractivity contribution in [3.8, 4) is 0 Å². The van der Waals surface area contributed by atoms with Crippen molar-refractivity contribution in [3.63, 3.8) is 0 Å². The zero-order valence-electron chi connectivity index (χ0n) is 11.4. The molecule has 17 heavy (non-hydrogen) atoms. The van der Waals surface area contributed by atoms with Crippen molar-refractivity contribution >= 4 is 11.7 Å². The minimum atomic E-state index is -0.287. The zero-order chi connectivity index (χ0) is 13.2. The van der Waals surface area contributed by atoms with Crippen LogP contribution in [0.15, 0.2) is 0 Å². The molecular formula is C13H23NO3. The van der Waals surface area contributed by atoms with Crippen molar-refractivity contribution in [1.29, 1.82) is 0 Å². The van der Waals surface area contributed by atoms with Crippen LogP contribution in [0.5, 0.6) is 0 Å². The first kappa shape index (κ1) is 14.2. The van der Waals surface area contributed by atoms with Crippen molar-refractivity contribution in [1.82, 2.24) is 4.90 Å². The summed E-state index contributed by atoms with van der Waals surface area (Å²) in [4.78, 5) is 24.9. The van der Waals surface area contributed by atoms with Gasteiger partial charge in [-0.1, -0.05) is 6.92 Å². The van der Waals surface area contributed by atoms with E-state index >= 15 is 0 Å². The van der Waals surface area contributed by atoms with Gasteiger partial charge in [-0.3, -0.25) is 9.59 Å². The van der Waals surface area contributed by atoms with E-state index in [9.17, 15) is 9.59 Å². The van der Waals surface area contributed by atoms with Gasteiger partial charge in [0.15, 0.2) is 5.78 Å². The maximum Gasteiger partial charge on any atom is 0.220 e. The molecule has 0 aromatic carbocycles. The van der Waals surface area contributed by atoms with Gasteiger partial charge in [0.25, 0.3) is 0 Å². The summed E-state index contributed by atoms with van der Waals surface area (Å²) in [5.41, 5.74) is -0.239.